The summed E-state index contributed by atoms with van der Waals surface area (Å²) in [7, 11) is 1.74. The fourth-order valence-electron chi connectivity index (χ4n) is 2.19. The van der Waals surface area contributed by atoms with Crippen LogP contribution < -0.4 is 5.32 Å². The first kappa shape index (κ1) is 15.7. The Balaban J connectivity index is 2.00. The third-order valence-electron chi connectivity index (χ3n) is 3.21. The Morgan fingerprint density at radius 2 is 2.10 bits per heavy atom. The van der Waals surface area contributed by atoms with Crippen LogP contribution in [0.25, 0.3) is 0 Å². The molecule has 1 aromatic carbocycles. The van der Waals surface area contributed by atoms with Gasteiger partial charge in [0.25, 0.3) is 0 Å². The molecule has 0 saturated heterocycles. The third-order valence-corrected chi connectivity index (χ3v) is 4.93. The van der Waals surface area contributed by atoms with E-state index in [1.807, 2.05) is 11.3 Å². The Hall–Kier alpha value is -0.680. The second kappa shape index (κ2) is 8.57. The first-order valence-corrected chi connectivity index (χ1v) is 8.44. The lowest BCUT2D eigenvalue weighted by atomic mass is 9.95. The lowest BCUT2D eigenvalue weighted by Crippen LogP contribution is -2.26. The summed E-state index contributed by atoms with van der Waals surface area (Å²) in [6.45, 7) is 2.63. The lowest BCUT2D eigenvalue weighted by Gasteiger charge is -2.17. The third kappa shape index (κ3) is 5.02. The zero-order valence-corrected chi connectivity index (χ0v) is 14.0. The quantitative estimate of drug-likeness (QED) is 0.722. The molecule has 4 heteroatoms. The number of benzene rings is 1. The highest BCUT2D eigenvalue weighted by Gasteiger charge is 2.13. The van der Waals surface area contributed by atoms with Gasteiger partial charge in [-0.2, -0.15) is 0 Å². The predicted molar refractivity (Wildman–Crippen MR) is 89.7 cm³/mol. The molecule has 1 atom stereocenters. The highest BCUT2D eigenvalue weighted by Crippen LogP contribution is 2.26. The maximum Gasteiger partial charge on any atom is 0.0587 e. The minimum Gasteiger partial charge on any atom is -0.383 e. The van der Waals surface area contributed by atoms with Crippen LogP contribution in [0.15, 0.2) is 46.3 Å². The number of hydrogen-bond donors (Lipinski definition) is 1. The van der Waals surface area contributed by atoms with Crippen molar-refractivity contribution >= 4 is 27.3 Å². The van der Waals surface area contributed by atoms with Crippen molar-refractivity contribution in [3.05, 3.63) is 56.7 Å². The highest BCUT2D eigenvalue weighted by atomic mass is 79.9. The molecule has 0 aliphatic rings. The molecule has 1 heterocycles. The Morgan fingerprint density at radius 1 is 1.30 bits per heavy atom. The molecule has 1 unspecified atom stereocenters. The normalized spacial score (nSPS) is 12.5. The van der Waals surface area contributed by atoms with Crippen LogP contribution in [0.2, 0.25) is 0 Å². The molecule has 0 aliphatic carbocycles. The number of hydrogen-bond acceptors (Lipinski definition) is 3. The maximum absolute atomic E-state index is 5.08. The van der Waals surface area contributed by atoms with Crippen molar-refractivity contribution in [1.82, 2.24) is 5.32 Å². The summed E-state index contributed by atoms with van der Waals surface area (Å²) in [6, 6.07) is 12.9. The molecule has 108 valence electrons. The van der Waals surface area contributed by atoms with E-state index in [0.717, 1.165) is 26.1 Å². The van der Waals surface area contributed by atoms with Gasteiger partial charge in [-0.1, -0.05) is 30.3 Å². The van der Waals surface area contributed by atoms with Crippen LogP contribution >= 0.6 is 27.3 Å². The van der Waals surface area contributed by atoms with E-state index in [0.29, 0.717) is 5.92 Å². The standard InChI is InChI=1S/C16H20BrNOS/c1-19-8-7-18-11-14(13-5-3-2-4-6-13)9-16-10-15(17)12-20-16/h2-6,10,12,14,18H,7-9,11H2,1H3. The summed E-state index contributed by atoms with van der Waals surface area (Å²) >= 11 is 5.35. The largest absolute Gasteiger partial charge is 0.383 e. The van der Waals surface area contributed by atoms with Crippen LogP contribution in [0.1, 0.15) is 16.4 Å². The number of methoxy groups -OCH3 is 1. The molecule has 0 radical (unpaired) electrons. The molecule has 0 bridgehead atoms. The summed E-state index contributed by atoms with van der Waals surface area (Å²) in [5.41, 5.74) is 1.39. The Bertz CT molecular complexity index is 500. The first-order chi connectivity index (χ1) is 9.79. The van der Waals surface area contributed by atoms with Crippen molar-refractivity contribution in [3.63, 3.8) is 0 Å². The van der Waals surface area contributed by atoms with Gasteiger partial charge in [-0.05, 0) is 34.0 Å². The Kier molecular flexibility index (Phi) is 6.73. The molecule has 2 nitrogen and oxygen atoms in total. The van der Waals surface area contributed by atoms with E-state index in [2.05, 4.69) is 63.0 Å². The van der Waals surface area contributed by atoms with Crippen molar-refractivity contribution in [3.8, 4) is 0 Å². The summed E-state index contributed by atoms with van der Waals surface area (Å²) in [6.07, 6.45) is 1.07. The molecule has 0 fully saturated rings. The predicted octanol–water partition coefficient (Wildman–Crippen LogP) is 4.07. The SMILES string of the molecule is COCCNCC(Cc1cc(Br)cs1)c1ccccc1. The average molecular weight is 354 g/mol. The molecule has 20 heavy (non-hydrogen) atoms. The van der Waals surface area contributed by atoms with Gasteiger partial charge in [0.1, 0.15) is 0 Å². The summed E-state index contributed by atoms with van der Waals surface area (Å²) in [5, 5.41) is 5.63. The smallest absolute Gasteiger partial charge is 0.0587 e. The average Bonchev–Trinajstić information content (AvgIpc) is 2.88. The van der Waals surface area contributed by atoms with Gasteiger partial charge in [-0.15, -0.1) is 11.3 Å². The van der Waals surface area contributed by atoms with Crippen molar-refractivity contribution in [1.29, 1.82) is 0 Å². The van der Waals surface area contributed by atoms with Crippen LogP contribution in [0, 0.1) is 0 Å². The zero-order chi connectivity index (χ0) is 14.2. The molecule has 2 aromatic rings. The van der Waals surface area contributed by atoms with Gasteiger partial charge in [0, 0.05) is 40.8 Å². The molecule has 1 aromatic heterocycles. The second-order valence-electron chi connectivity index (χ2n) is 4.74. The molecule has 0 spiro atoms. The number of rotatable bonds is 8. The van der Waals surface area contributed by atoms with Gasteiger partial charge < -0.3 is 10.1 Å². The van der Waals surface area contributed by atoms with E-state index in [4.69, 9.17) is 4.74 Å². The fraction of sp³-hybridized carbons (Fsp3) is 0.375. The van der Waals surface area contributed by atoms with E-state index in [-0.39, 0.29) is 0 Å². The van der Waals surface area contributed by atoms with Gasteiger partial charge in [-0.25, -0.2) is 0 Å². The molecule has 2 rings (SSSR count). The minimum absolute atomic E-state index is 0.499. The summed E-state index contributed by atoms with van der Waals surface area (Å²) in [4.78, 5) is 1.42. The molecule has 0 aliphatic heterocycles. The van der Waals surface area contributed by atoms with Gasteiger partial charge >= 0.3 is 0 Å². The Labute approximate surface area is 133 Å². The number of nitrogens with one attached hydrogen (secondary N) is 1. The van der Waals surface area contributed by atoms with Crippen molar-refractivity contribution in [2.45, 2.75) is 12.3 Å². The lowest BCUT2D eigenvalue weighted by molar-refractivity contribution is 0.199. The van der Waals surface area contributed by atoms with Crippen molar-refractivity contribution < 1.29 is 4.74 Å². The van der Waals surface area contributed by atoms with Crippen molar-refractivity contribution in [2.75, 3.05) is 26.8 Å². The Morgan fingerprint density at radius 3 is 2.75 bits per heavy atom. The fourth-order valence-corrected chi connectivity index (χ4v) is 3.72. The van der Waals surface area contributed by atoms with Crippen LogP contribution in [0.5, 0.6) is 0 Å². The number of thiophene rings is 1. The molecule has 1 N–H and O–H groups in total. The van der Waals surface area contributed by atoms with Crippen molar-refractivity contribution in [2.24, 2.45) is 0 Å². The van der Waals surface area contributed by atoms with E-state index >= 15 is 0 Å². The van der Waals surface area contributed by atoms with E-state index in [1.165, 1.54) is 14.9 Å². The van der Waals surface area contributed by atoms with Crippen LogP contribution in [0.3, 0.4) is 0 Å². The maximum atomic E-state index is 5.08. The van der Waals surface area contributed by atoms with Crippen LogP contribution in [0.4, 0.5) is 0 Å². The molecule has 0 amide bonds. The van der Waals surface area contributed by atoms with Gasteiger partial charge in [0.05, 0.1) is 6.61 Å². The van der Waals surface area contributed by atoms with Crippen LogP contribution in [-0.4, -0.2) is 26.8 Å². The van der Waals surface area contributed by atoms with E-state index in [1.54, 1.807) is 7.11 Å². The molecule has 0 saturated carbocycles. The summed E-state index contributed by atoms with van der Waals surface area (Å²) in [5.74, 6) is 0.499. The summed E-state index contributed by atoms with van der Waals surface area (Å²) < 4.78 is 6.26. The second-order valence-corrected chi connectivity index (χ2v) is 6.65. The van der Waals surface area contributed by atoms with Gasteiger partial charge in [0.15, 0.2) is 0 Å². The zero-order valence-electron chi connectivity index (χ0n) is 11.6. The molecular formula is C16H20BrNOS. The first-order valence-electron chi connectivity index (χ1n) is 6.77. The minimum atomic E-state index is 0.499. The van der Waals surface area contributed by atoms with Gasteiger partial charge in [0.2, 0.25) is 0 Å². The van der Waals surface area contributed by atoms with E-state index < -0.39 is 0 Å². The number of halogens is 1. The highest BCUT2D eigenvalue weighted by molar-refractivity contribution is 9.10. The van der Waals surface area contributed by atoms with Gasteiger partial charge in [-0.3, -0.25) is 0 Å². The molecular weight excluding hydrogens is 334 g/mol. The monoisotopic (exact) mass is 353 g/mol. The topological polar surface area (TPSA) is 21.3 Å². The van der Waals surface area contributed by atoms with Crippen LogP contribution in [-0.2, 0) is 11.2 Å². The number of ether oxygens (including phenoxy) is 1. The van der Waals surface area contributed by atoms with E-state index in [9.17, 15) is 0 Å².